The lowest BCUT2D eigenvalue weighted by molar-refractivity contribution is -0.755. The van der Waals surface area contributed by atoms with E-state index in [1.54, 1.807) is 37.3 Å². The van der Waals surface area contributed by atoms with Crippen molar-refractivity contribution in [2.45, 2.75) is 12.6 Å². The van der Waals surface area contributed by atoms with Crippen molar-refractivity contribution >= 4 is 5.97 Å². The first-order chi connectivity index (χ1) is 10.4. The summed E-state index contributed by atoms with van der Waals surface area (Å²) in [5.41, 5.74) is -0.799. The zero-order valence-electron chi connectivity index (χ0n) is 11.7. The van der Waals surface area contributed by atoms with Crippen molar-refractivity contribution in [3.63, 3.8) is 0 Å². The minimum atomic E-state index is -1.20. The molecule has 0 bridgehead atoms. The molecule has 22 heavy (non-hydrogen) atoms. The van der Waals surface area contributed by atoms with Crippen molar-refractivity contribution in [1.82, 2.24) is 5.32 Å². The highest BCUT2D eigenvalue weighted by atomic mass is 16.9. The van der Waals surface area contributed by atoms with E-state index in [1.165, 1.54) is 12.1 Å². The molecule has 0 amide bonds. The number of phenolic OH excluding ortho intramolecular Hbond substituents is 1. The standard InChI is InChI=1S/C14H14N2O6/c1-14(8-4-5-10(15-14)9-21-16(19)20)22-13(18)11-6-2-3-7-12(11)17/h2-8,15,17H,9H2,1H3. The van der Waals surface area contributed by atoms with Crippen molar-refractivity contribution in [1.29, 1.82) is 0 Å². The molecule has 1 aliphatic heterocycles. The molecule has 0 aromatic heterocycles. The number of para-hydroxylation sites is 1. The van der Waals surface area contributed by atoms with Gasteiger partial charge in [-0.25, -0.2) is 4.79 Å². The third-order valence-corrected chi connectivity index (χ3v) is 2.87. The van der Waals surface area contributed by atoms with E-state index in [0.717, 1.165) is 0 Å². The van der Waals surface area contributed by atoms with Gasteiger partial charge in [0.05, 0.1) is 0 Å². The Morgan fingerprint density at radius 3 is 2.86 bits per heavy atom. The Labute approximate surface area is 125 Å². The number of ether oxygens (including phenoxy) is 1. The van der Waals surface area contributed by atoms with E-state index < -0.39 is 16.8 Å². The maximum absolute atomic E-state index is 12.1. The van der Waals surface area contributed by atoms with Crippen LogP contribution in [-0.4, -0.2) is 28.5 Å². The Balaban J connectivity index is 2.05. The SMILES string of the molecule is CC1(OC(=O)c2ccccc2O)C=CC=C(CO[N+](=O)[O-])N1. The summed E-state index contributed by atoms with van der Waals surface area (Å²) in [6.45, 7) is 1.28. The summed E-state index contributed by atoms with van der Waals surface area (Å²) < 4.78 is 5.32. The fourth-order valence-electron chi connectivity index (χ4n) is 1.91. The number of hydrogen-bond acceptors (Lipinski definition) is 7. The Bertz CT molecular complexity index is 654. The number of benzene rings is 1. The first-order valence-corrected chi connectivity index (χ1v) is 6.35. The van der Waals surface area contributed by atoms with E-state index in [9.17, 15) is 20.0 Å². The molecule has 1 unspecified atom stereocenters. The van der Waals surface area contributed by atoms with Crippen LogP contribution >= 0.6 is 0 Å². The third kappa shape index (κ3) is 3.75. The van der Waals surface area contributed by atoms with Crippen molar-refractivity contribution in [2.24, 2.45) is 0 Å². The molecule has 1 aliphatic rings. The topological polar surface area (TPSA) is 111 Å². The number of nitrogens with one attached hydrogen (secondary N) is 1. The molecule has 2 N–H and O–H groups in total. The number of hydrogen-bond donors (Lipinski definition) is 2. The smallest absolute Gasteiger partial charge is 0.344 e. The molecule has 0 spiro atoms. The van der Waals surface area contributed by atoms with Gasteiger partial charge in [-0.05, 0) is 31.2 Å². The van der Waals surface area contributed by atoms with E-state index >= 15 is 0 Å². The summed E-state index contributed by atoms with van der Waals surface area (Å²) in [4.78, 5) is 26.6. The van der Waals surface area contributed by atoms with Crippen LogP contribution in [-0.2, 0) is 9.57 Å². The highest BCUT2D eigenvalue weighted by Crippen LogP contribution is 2.22. The Kier molecular flexibility index (Phi) is 4.31. The largest absolute Gasteiger partial charge is 0.507 e. The van der Waals surface area contributed by atoms with E-state index in [0.29, 0.717) is 5.70 Å². The maximum atomic E-state index is 12.1. The van der Waals surface area contributed by atoms with Crippen LogP contribution in [0, 0.1) is 10.1 Å². The van der Waals surface area contributed by atoms with E-state index in [1.807, 2.05) is 0 Å². The number of carbonyl (C=O) groups excluding carboxylic acids is 1. The summed E-state index contributed by atoms with van der Waals surface area (Å²) >= 11 is 0. The van der Waals surface area contributed by atoms with Gasteiger partial charge in [-0.3, -0.25) is 0 Å². The third-order valence-electron chi connectivity index (χ3n) is 2.87. The fourth-order valence-corrected chi connectivity index (χ4v) is 1.91. The lowest BCUT2D eigenvalue weighted by atomic mass is 10.1. The van der Waals surface area contributed by atoms with Crippen LogP contribution in [0.15, 0.2) is 48.2 Å². The van der Waals surface area contributed by atoms with Crippen LogP contribution in [0.2, 0.25) is 0 Å². The van der Waals surface area contributed by atoms with Crippen LogP contribution in [0.4, 0.5) is 0 Å². The minimum Gasteiger partial charge on any atom is -0.507 e. The first kappa shape index (κ1) is 15.4. The van der Waals surface area contributed by atoms with Crippen molar-refractivity contribution < 1.29 is 24.6 Å². The molecular formula is C14H14N2O6. The highest BCUT2D eigenvalue weighted by molar-refractivity contribution is 5.92. The predicted octanol–water partition coefficient (Wildman–Crippen LogP) is 1.52. The Morgan fingerprint density at radius 2 is 2.18 bits per heavy atom. The number of aromatic hydroxyl groups is 1. The van der Waals surface area contributed by atoms with Gasteiger partial charge in [-0.1, -0.05) is 18.2 Å². The monoisotopic (exact) mass is 306 g/mol. The molecule has 1 atom stereocenters. The van der Waals surface area contributed by atoms with Crippen LogP contribution < -0.4 is 5.32 Å². The van der Waals surface area contributed by atoms with Crippen molar-refractivity contribution in [3.05, 3.63) is 63.9 Å². The van der Waals surface area contributed by atoms with Gasteiger partial charge in [0.25, 0.3) is 5.09 Å². The predicted molar refractivity (Wildman–Crippen MR) is 75.2 cm³/mol. The normalized spacial score (nSPS) is 19.8. The summed E-state index contributed by atoms with van der Waals surface area (Å²) in [6.07, 6.45) is 4.73. The lowest BCUT2D eigenvalue weighted by Crippen LogP contribution is -2.46. The molecule has 0 fully saturated rings. The van der Waals surface area contributed by atoms with Gasteiger partial charge in [-0.2, -0.15) is 0 Å². The first-order valence-electron chi connectivity index (χ1n) is 6.35. The molecule has 0 radical (unpaired) electrons. The Hall–Kier alpha value is -3.03. The highest BCUT2D eigenvalue weighted by Gasteiger charge is 2.29. The molecule has 116 valence electrons. The molecule has 0 saturated carbocycles. The van der Waals surface area contributed by atoms with Gasteiger partial charge >= 0.3 is 5.97 Å². The molecule has 0 aliphatic carbocycles. The molecule has 1 aromatic rings. The number of phenols is 1. The quantitative estimate of drug-likeness (QED) is 0.482. The van der Waals surface area contributed by atoms with Gasteiger partial charge in [0.2, 0.25) is 5.72 Å². The fraction of sp³-hybridized carbons (Fsp3) is 0.214. The van der Waals surface area contributed by atoms with E-state index in [4.69, 9.17) is 4.74 Å². The van der Waals surface area contributed by atoms with E-state index in [-0.39, 0.29) is 17.9 Å². The van der Waals surface area contributed by atoms with E-state index in [2.05, 4.69) is 10.2 Å². The molecule has 8 nitrogen and oxygen atoms in total. The van der Waals surface area contributed by atoms with Crippen LogP contribution in [0.1, 0.15) is 17.3 Å². The number of rotatable bonds is 5. The zero-order valence-corrected chi connectivity index (χ0v) is 11.7. The molecule has 2 rings (SSSR count). The number of allylic oxidation sites excluding steroid dienone is 2. The number of carbonyl (C=O) groups is 1. The molecule has 8 heteroatoms. The average Bonchev–Trinajstić information content (AvgIpc) is 2.45. The average molecular weight is 306 g/mol. The maximum Gasteiger partial charge on any atom is 0.344 e. The summed E-state index contributed by atoms with van der Waals surface area (Å²) in [5, 5.41) is 21.8. The van der Waals surface area contributed by atoms with Gasteiger partial charge in [0.1, 0.15) is 17.9 Å². The van der Waals surface area contributed by atoms with Crippen LogP contribution in [0.5, 0.6) is 5.75 Å². The Morgan fingerprint density at radius 1 is 1.45 bits per heavy atom. The second-order valence-electron chi connectivity index (χ2n) is 4.69. The van der Waals surface area contributed by atoms with Crippen LogP contribution in [0.3, 0.4) is 0 Å². The number of esters is 1. The molecular weight excluding hydrogens is 292 g/mol. The zero-order chi connectivity index (χ0) is 16.2. The van der Waals surface area contributed by atoms with Gasteiger partial charge < -0.3 is 20.0 Å². The summed E-state index contributed by atoms with van der Waals surface area (Å²) in [6, 6.07) is 5.99. The second kappa shape index (κ2) is 6.17. The molecule has 1 heterocycles. The van der Waals surface area contributed by atoms with Gasteiger partial charge in [0, 0.05) is 5.70 Å². The lowest BCUT2D eigenvalue weighted by Gasteiger charge is -2.31. The minimum absolute atomic E-state index is 0.0246. The number of nitrogens with zero attached hydrogens (tertiary/aromatic N) is 1. The van der Waals surface area contributed by atoms with Crippen LogP contribution in [0.25, 0.3) is 0 Å². The van der Waals surface area contributed by atoms with Gasteiger partial charge in [0.15, 0.2) is 0 Å². The number of dihydropyridines is 1. The summed E-state index contributed by atoms with van der Waals surface area (Å²) in [5.74, 6) is -0.919. The van der Waals surface area contributed by atoms with Crippen molar-refractivity contribution in [3.8, 4) is 5.75 Å². The molecule has 1 aromatic carbocycles. The molecule has 0 saturated heterocycles. The van der Waals surface area contributed by atoms with Gasteiger partial charge in [-0.15, -0.1) is 10.1 Å². The summed E-state index contributed by atoms with van der Waals surface area (Å²) in [7, 11) is 0. The second-order valence-corrected chi connectivity index (χ2v) is 4.69. The van der Waals surface area contributed by atoms with Crippen molar-refractivity contribution in [2.75, 3.05) is 6.61 Å².